The van der Waals surface area contributed by atoms with Crippen LogP contribution in [-0.4, -0.2) is 21.4 Å². The third-order valence-corrected chi connectivity index (χ3v) is 4.91. The van der Waals surface area contributed by atoms with Crippen molar-refractivity contribution in [1.82, 2.24) is 14.9 Å². The predicted octanol–water partition coefficient (Wildman–Crippen LogP) is 4.27. The van der Waals surface area contributed by atoms with Crippen LogP contribution < -0.4 is 5.56 Å². The number of furan rings is 1. The number of nitrogens with zero attached hydrogens (tertiary/aromatic N) is 1. The molecule has 1 aliphatic rings. The molecule has 1 aliphatic heterocycles. The van der Waals surface area contributed by atoms with Gasteiger partial charge < -0.3 is 9.40 Å². The number of aromatic amines is 2. The third kappa shape index (κ3) is 3.81. The van der Waals surface area contributed by atoms with Gasteiger partial charge in [0.15, 0.2) is 4.77 Å². The van der Waals surface area contributed by atoms with Gasteiger partial charge in [0.05, 0.1) is 17.7 Å². The van der Waals surface area contributed by atoms with E-state index in [1.807, 2.05) is 4.90 Å². The highest BCUT2D eigenvalue weighted by molar-refractivity contribution is 7.71. The van der Waals surface area contributed by atoms with Crippen LogP contribution >= 0.6 is 12.2 Å². The van der Waals surface area contributed by atoms with Gasteiger partial charge in [-0.1, -0.05) is 12.1 Å². The summed E-state index contributed by atoms with van der Waals surface area (Å²) < 4.78 is 44.8. The minimum absolute atomic E-state index is 0.201. The smallest absolute Gasteiger partial charge is 0.416 e. The van der Waals surface area contributed by atoms with Gasteiger partial charge in [0.1, 0.15) is 11.5 Å². The zero-order valence-corrected chi connectivity index (χ0v) is 15.4. The summed E-state index contributed by atoms with van der Waals surface area (Å²) in [6, 6.07) is 8.44. The molecule has 146 valence electrons. The van der Waals surface area contributed by atoms with Gasteiger partial charge in [0.2, 0.25) is 0 Å². The quantitative estimate of drug-likeness (QED) is 0.637. The third-order valence-electron chi connectivity index (χ3n) is 4.71. The zero-order valence-electron chi connectivity index (χ0n) is 14.6. The van der Waals surface area contributed by atoms with Crippen molar-refractivity contribution < 1.29 is 17.6 Å². The average Bonchev–Trinajstić information content (AvgIpc) is 3.10. The number of hydrogen-bond donors (Lipinski definition) is 2. The molecule has 0 aliphatic carbocycles. The van der Waals surface area contributed by atoms with Crippen molar-refractivity contribution in [2.24, 2.45) is 0 Å². The molecule has 4 rings (SSSR count). The highest BCUT2D eigenvalue weighted by Crippen LogP contribution is 2.32. The summed E-state index contributed by atoms with van der Waals surface area (Å²) in [6.07, 6.45) is -3.74. The SMILES string of the molecule is O=c1[nH]c(=S)[nH]c2c1CN(Cc1ccc(-c3cccc(C(F)(F)F)c3)o1)CC2. The van der Waals surface area contributed by atoms with Crippen molar-refractivity contribution in [3.63, 3.8) is 0 Å². The Morgan fingerprint density at radius 1 is 1.18 bits per heavy atom. The molecule has 0 fully saturated rings. The maximum atomic E-state index is 12.9. The van der Waals surface area contributed by atoms with E-state index in [1.165, 1.54) is 6.07 Å². The molecule has 2 aromatic heterocycles. The first-order valence-corrected chi connectivity index (χ1v) is 9.03. The molecule has 0 unspecified atom stereocenters. The van der Waals surface area contributed by atoms with E-state index in [2.05, 4.69) is 9.97 Å². The van der Waals surface area contributed by atoms with Crippen LogP contribution in [0, 0.1) is 4.77 Å². The Bertz CT molecular complexity index is 1130. The van der Waals surface area contributed by atoms with Gasteiger partial charge in [-0.05, 0) is 36.5 Å². The van der Waals surface area contributed by atoms with Gasteiger partial charge in [-0.2, -0.15) is 13.2 Å². The molecule has 3 heterocycles. The van der Waals surface area contributed by atoms with Gasteiger partial charge in [0.25, 0.3) is 5.56 Å². The molecule has 0 bridgehead atoms. The second-order valence-electron chi connectivity index (χ2n) is 6.67. The number of alkyl halides is 3. The minimum atomic E-state index is -4.40. The van der Waals surface area contributed by atoms with Gasteiger partial charge in [-0.25, -0.2) is 0 Å². The van der Waals surface area contributed by atoms with Gasteiger partial charge in [-0.3, -0.25) is 14.7 Å². The van der Waals surface area contributed by atoms with Crippen LogP contribution in [0.2, 0.25) is 0 Å². The van der Waals surface area contributed by atoms with E-state index in [-0.39, 0.29) is 5.56 Å². The fourth-order valence-electron chi connectivity index (χ4n) is 3.33. The summed E-state index contributed by atoms with van der Waals surface area (Å²) in [5.74, 6) is 0.997. The largest absolute Gasteiger partial charge is 0.460 e. The lowest BCUT2D eigenvalue weighted by molar-refractivity contribution is -0.137. The lowest BCUT2D eigenvalue weighted by Gasteiger charge is -2.26. The molecule has 0 spiro atoms. The summed E-state index contributed by atoms with van der Waals surface area (Å²) in [6.45, 7) is 1.60. The van der Waals surface area contributed by atoms with Crippen molar-refractivity contribution in [2.75, 3.05) is 6.54 Å². The molecule has 0 atom stereocenters. The summed E-state index contributed by atoms with van der Waals surface area (Å²) in [5, 5.41) is 0. The fourth-order valence-corrected chi connectivity index (χ4v) is 3.55. The molecular weight excluding hydrogens is 391 g/mol. The van der Waals surface area contributed by atoms with E-state index in [4.69, 9.17) is 16.6 Å². The van der Waals surface area contributed by atoms with Crippen LogP contribution in [0.15, 0.2) is 45.6 Å². The van der Waals surface area contributed by atoms with Crippen LogP contribution in [-0.2, 0) is 25.7 Å². The Morgan fingerprint density at radius 2 is 2.00 bits per heavy atom. The fraction of sp³-hybridized carbons (Fsp3) is 0.263. The van der Waals surface area contributed by atoms with Gasteiger partial charge in [-0.15, -0.1) is 0 Å². The van der Waals surface area contributed by atoms with Crippen molar-refractivity contribution >= 4 is 12.2 Å². The molecular formula is C19H16F3N3O2S. The molecule has 28 heavy (non-hydrogen) atoms. The number of H-pyrrole nitrogens is 2. The number of aromatic nitrogens is 2. The Kier molecular flexibility index (Phi) is 4.72. The highest BCUT2D eigenvalue weighted by Gasteiger charge is 2.30. The standard InChI is InChI=1S/C19H16F3N3O2S/c20-19(21,22)12-3-1-2-11(8-12)16-5-4-13(27-16)9-25-7-6-15-14(10-25)17(26)24-18(28)23-15/h1-5,8H,6-7,9-10H2,(H2,23,24,26,28). The monoisotopic (exact) mass is 407 g/mol. The zero-order chi connectivity index (χ0) is 19.9. The number of rotatable bonds is 3. The van der Waals surface area contributed by atoms with Gasteiger partial charge in [0, 0.05) is 30.8 Å². The Morgan fingerprint density at radius 3 is 2.79 bits per heavy atom. The van der Waals surface area contributed by atoms with Crippen molar-refractivity contribution in [1.29, 1.82) is 0 Å². The Labute approximate surface area is 162 Å². The van der Waals surface area contributed by atoms with Crippen LogP contribution in [0.3, 0.4) is 0 Å². The topological polar surface area (TPSA) is 65.0 Å². The molecule has 0 amide bonds. The lowest BCUT2D eigenvalue weighted by Crippen LogP contribution is -2.35. The van der Waals surface area contributed by atoms with Crippen molar-refractivity contribution in [3.05, 3.63) is 74.1 Å². The molecule has 1 aromatic carbocycles. The van der Waals surface area contributed by atoms with Crippen LogP contribution in [0.5, 0.6) is 0 Å². The normalized spacial score (nSPS) is 14.8. The Balaban J connectivity index is 1.52. The molecule has 0 saturated heterocycles. The van der Waals surface area contributed by atoms with Crippen LogP contribution in [0.25, 0.3) is 11.3 Å². The molecule has 3 aromatic rings. The van der Waals surface area contributed by atoms with E-state index in [1.54, 1.807) is 18.2 Å². The van der Waals surface area contributed by atoms with E-state index in [0.717, 1.165) is 17.8 Å². The lowest BCUT2D eigenvalue weighted by atomic mass is 10.1. The molecule has 0 radical (unpaired) electrons. The summed E-state index contributed by atoms with van der Waals surface area (Å²) in [7, 11) is 0. The highest BCUT2D eigenvalue weighted by atomic mass is 32.1. The van der Waals surface area contributed by atoms with E-state index >= 15 is 0 Å². The maximum Gasteiger partial charge on any atom is 0.416 e. The van der Waals surface area contributed by atoms with Crippen LogP contribution in [0.4, 0.5) is 13.2 Å². The van der Waals surface area contributed by atoms with E-state index in [9.17, 15) is 18.0 Å². The van der Waals surface area contributed by atoms with E-state index in [0.29, 0.717) is 53.5 Å². The number of nitrogens with one attached hydrogen (secondary N) is 2. The first-order chi connectivity index (χ1) is 13.3. The molecule has 0 saturated carbocycles. The second-order valence-corrected chi connectivity index (χ2v) is 7.08. The Hall–Kier alpha value is -2.65. The number of hydrogen-bond acceptors (Lipinski definition) is 4. The second kappa shape index (κ2) is 7.06. The summed E-state index contributed by atoms with van der Waals surface area (Å²) >= 11 is 4.99. The number of benzene rings is 1. The maximum absolute atomic E-state index is 12.9. The summed E-state index contributed by atoms with van der Waals surface area (Å²) in [4.78, 5) is 19.7. The number of halogens is 3. The molecule has 5 nitrogen and oxygen atoms in total. The minimum Gasteiger partial charge on any atom is -0.460 e. The first kappa shape index (κ1) is 18.7. The summed E-state index contributed by atoms with van der Waals surface area (Å²) in [5.41, 5.74) is 0.937. The predicted molar refractivity (Wildman–Crippen MR) is 99.2 cm³/mol. The first-order valence-electron chi connectivity index (χ1n) is 8.62. The average molecular weight is 407 g/mol. The van der Waals surface area contributed by atoms with Crippen LogP contribution in [0.1, 0.15) is 22.6 Å². The van der Waals surface area contributed by atoms with Gasteiger partial charge >= 0.3 is 6.18 Å². The molecule has 2 N–H and O–H groups in total. The molecule has 9 heteroatoms. The van der Waals surface area contributed by atoms with Crippen molar-refractivity contribution in [2.45, 2.75) is 25.7 Å². The number of fused-ring (bicyclic) bond motifs is 1. The van der Waals surface area contributed by atoms with Crippen molar-refractivity contribution in [3.8, 4) is 11.3 Å². The van der Waals surface area contributed by atoms with E-state index < -0.39 is 11.7 Å².